The summed E-state index contributed by atoms with van der Waals surface area (Å²) >= 11 is 0. The molecule has 0 saturated heterocycles. The lowest BCUT2D eigenvalue weighted by molar-refractivity contribution is -0.551. The van der Waals surface area contributed by atoms with Crippen LogP contribution in [-0.2, 0) is 4.79 Å². The van der Waals surface area contributed by atoms with Crippen LogP contribution in [0.4, 0.5) is 0 Å². The minimum Gasteiger partial charge on any atom is -0.292 e. The van der Waals surface area contributed by atoms with Gasteiger partial charge in [-0.1, -0.05) is 12.2 Å². The molecule has 0 aromatic heterocycles. The predicted molar refractivity (Wildman–Crippen MR) is 41.2 cm³/mol. The Morgan fingerprint density at radius 3 is 3.00 bits per heavy atom. The number of nitro groups is 1. The number of carbonyl (C=O) groups excluding carboxylic acids is 1. The zero-order valence-corrected chi connectivity index (χ0v) is 6.53. The van der Waals surface area contributed by atoms with E-state index in [1.807, 2.05) is 6.08 Å². The Hall–Kier alpha value is -1.19. The lowest BCUT2D eigenvalue weighted by atomic mass is 9.88. The molecule has 0 N–H and O–H groups in total. The number of rotatable bonds is 1. The smallest absolute Gasteiger partial charge is 0.283 e. The fourth-order valence-corrected chi connectivity index (χ4v) is 2.09. The molecule has 0 aromatic carbocycles. The molecule has 0 heterocycles. The van der Waals surface area contributed by atoms with Gasteiger partial charge in [0.25, 0.3) is 5.54 Å². The fraction of sp³-hybridized carbons (Fsp3) is 0.625. The second-order valence-corrected chi connectivity index (χ2v) is 3.51. The van der Waals surface area contributed by atoms with E-state index in [0.29, 0.717) is 12.8 Å². The first-order chi connectivity index (χ1) is 5.65. The van der Waals surface area contributed by atoms with Crippen molar-refractivity contribution in [3.8, 4) is 0 Å². The number of hydrogen-bond donors (Lipinski definition) is 0. The Morgan fingerprint density at radius 1 is 1.67 bits per heavy atom. The Bertz CT molecular complexity index is 284. The summed E-state index contributed by atoms with van der Waals surface area (Å²) < 4.78 is 0. The molecular formula is C8H9NO3. The normalized spacial score (nSPS) is 38.7. The Labute approximate surface area is 69.4 Å². The molecule has 0 radical (unpaired) electrons. The molecule has 0 spiro atoms. The standard InChI is InChI=1S/C8H9NO3/c10-7-4-6-2-1-3-8(7,5-6)9(11)12/h1-2,6H,3-5H2. The van der Waals surface area contributed by atoms with Gasteiger partial charge in [0.2, 0.25) is 5.78 Å². The minimum absolute atomic E-state index is 0.122. The van der Waals surface area contributed by atoms with Crippen molar-refractivity contribution in [2.45, 2.75) is 24.8 Å². The van der Waals surface area contributed by atoms with Crippen molar-refractivity contribution < 1.29 is 9.72 Å². The summed E-state index contributed by atoms with van der Waals surface area (Å²) in [7, 11) is 0. The van der Waals surface area contributed by atoms with E-state index in [-0.39, 0.29) is 18.1 Å². The van der Waals surface area contributed by atoms with Crippen molar-refractivity contribution in [1.82, 2.24) is 0 Å². The fourth-order valence-electron chi connectivity index (χ4n) is 2.09. The second-order valence-electron chi connectivity index (χ2n) is 3.51. The third-order valence-corrected chi connectivity index (χ3v) is 2.78. The van der Waals surface area contributed by atoms with Crippen LogP contribution in [0.1, 0.15) is 19.3 Å². The molecule has 2 aliphatic carbocycles. The molecule has 4 nitrogen and oxygen atoms in total. The molecule has 0 amide bonds. The third kappa shape index (κ3) is 0.748. The SMILES string of the molecule is O=C1CC2C=CCC1([N+](=O)[O-])C2. The van der Waals surface area contributed by atoms with Gasteiger partial charge in [-0.15, -0.1) is 0 Å². The van der Waals surface area contributed by atoms with Crippen LogP contribution in [0.2, 0.25) is 0 Å². The second kappa shape index (κ2) is 2.15. The summed E-state index contributed by atoms with van der Waals surface area (Å²) in [6.07, 6.45) is 4.75. The highest BCUT2D eigenvalue weighted by Crippen LogP contribution is 2.40. The molecule has 2 unspecified atom stereocenters. The van der Waals surface area contributed by atoms with Gasteiger partial charge in [0.05, 0.1) is 0 Å². The zero-order valence-electron chi connectivity index (χ0n) is 6.53. The van der Waals surface area contributed by atoms with Gasteiger partial charge in [0.15, 0.2) is 0 Å². The molecule has 0 aromatic rings. The van der Waals surface area contributed by atoms with E-state index >= 15 is 0 Å². The maximum absolute atomic E-state index is 11.3. The van der Waals surface area contributed by atoms with E-state index in [1.165, 1.54) is 0 Å². The Kier molecular flexibility index (Phi) is 1.34. The first kappa shape index (κ1) is 7.46. The molecular weight excluding hydrogens is 158 g/mol. The largest absolute Gasteiger partial charge is 0.292 e. The van der Waals surface area contributed by atoms with Crippen molar-refractivity contribution in [3.63, 3.8) is 0 Å². The lowest BCUT2D eigenvalue weighted by Gasteiger charge is -2.18. The summed E-state index contributed by atoms with van der Waals surface area (Å²) in [4.78, 5) is 21.6. The summed E-state index contributed by atoms with van der Waals surface area (Å²) in [5.41, 5.74) is -1.25. The van der Waals surface area contributed by atoms with Crippen LogP contribution >= 0.6 is 0 Å². The van der Waals surface area contributed by atoms with Gasteiger partial charge in [0.1, 0.15) is 0 Å². The number of nitrogens with zero attached hydrogens (tertiary/aromatic N) is 1. The summed E-state index contributed by atoms with van der Waals surface area (Å²) in [5.74, 6) is -0.0702. The van der Waals surface area contributed by atoms with Crippen LogP contribution in [0.15, 0.2) is 12.2 Å². The van der Waals surface area contributed by atoms with Gasteiger partial charge in [-0.25, -0.2) is 0 Å². The van der Waals surface area contributed by atoms with E-state index < -0.39 is 10.5 Å². The molecule has 4 heteroatoms. The van der Waals surface area contributed by atoms with Crippen LogP contribution in [-0.4, -0.2) is 16.2 Å². The molecule has 1 fully saturated rings. The first-order valence-electron chi connectivity index (χ1n) is 3.99. The van der Waals surface area contributed by atoms with E-state index in [1.54, 1.807) is 6.08 Å². The predicted octanol–water partition coefficient (Wildman–Crippen LogP) is 0.941. The van der Waals surface area contributed by atoms with Gasteiger partial charge in [0, 0.05) is 24.2 Å². The average molecular weight is 167 g/mol. The van der Waals surface area contributed by atoms with E-state index in [0.717, 1.165) is 0 Å². The zero-order chi connectivity index (χ0) is 8.77. The van der Waals surface area contributed by atoms with Crippen LogP contribution in [0.5, 0.6) is 0 Å². The average Bonchev–Trinajstić information content (AvgIpc) is 2.24. The van der Waals surface area contributed by atoms with Gasteiger partial charge in [-0.3, -0.25) is 14.9 Å². The number of fused-ring (bicyclic) bond motifs is 2. The third-order valence-electron chi connectivity index (χ3n) is 2.78. The van der Waals surface area contributed by atoms with Crippen molar-refractivity contribution >= 4 is 5.78 Å². The summed E-state index contributed by atoms with van der Waals surface area (Å²) in [6.45, 7) is 0. The van der Waals surface area contributed by atoms with Crippen molar-refractivity contribution in [2.75, 3.05) is 0 Å². The molecule has 64 valence electrons. The first-order valence-corrected chi connectivity index (χ1v) is 3.99. The van der Waals surface area contributed by atoms with E-state index in [2.05, 4.69) is 0 Å². The minimum atomic E-state index is -1.25. The highest BCUT2D eigenvalue weighted by atomic mass is 16.6. The maximum Gasteiger partial charge on any atom is 0.283 e. The Balaban J connectivity index is 2.41. The van der Waals surface area contributed by atoms with Gasteiger partial charge in [-0.2, -0.15) is 0 Å². The highest BCUT2D eigenvalue weighted by molar-refractivity contribution is 5.90. The van der Waals surface area contributed by atoms with Crippen molar-refractivity contribution in [2.24, 2.45) is 5.92 Å². The summed E-state index contributed by atoms with van der Waals surface area (Å²) in [5, 5.41) is 10.7. The topological polar surface area (TPSA) is 60.2 Å². The monoisotopic (exact) mass is 167 g/mol. The maximum atomic E-state index is 11.3. The van der Waals surface area contributed by atoms with E-state index in [4.69, 9.17) is 0 Å². The van der Waals surface area contributed by atoms with Gasteiger partial charge >= 0.3 is 0 Å². The molecule has 2 atom stereocenters. The number of carbonyl (C=O) groups is 1. The lowest BCUT2D eigenvalue weighted by Crippen LogP contribution is -2.42. The van der Waals surface area contributed by atoms with Crippen LogP contribution in [0, 0.1) is 16.0 Å². The van der Waals surface area contributed by atoms with Crippen LogP contribution in [0.25, 0.3) is 0 Å². The van der Waals surface area contributed by atoms with Crippen molar-refractivity contribution in [3.05, 3.63) is 22.3 Å². The molecule has 2 rings (SSSR count). The van der Waals surface area contributed by atoms with E-state index in [9.17, 15) is 14.9 Å². The van der Waals surface area contributed by atoms with Crippen LogP contribution in [0.3, 0.4) is 0 Å². The van der Waals surface area contributed by atoms with Gasteiger partial charge < -0.3 is 0 Å². The van der Waals surface area contributed by atoms with Gasteiger partial charge in [-0.05, 0) is 5.92 Å². The quantitative estimate of drug-likeness (QED) is 0.331. The number of hydrogen-bond acceptors (Lipinski definition) is 3. The number of Topliss-reactive ketones (excluding diaryl/α,β-unsaturated/α-hetero) is 1. The number of ketones is 1. The molecule has 2 bridgehead atoms. The molecule has 2 aliphatic rings. The molecule has 12 heavy (non-hydrogen) atoms. The molecule has 0 aliphatic heterocycles. The Morgan fingerprint density at radius 2 is 2.42 bits per heavy atom. The van der Waals surface area contributed by atoms with Crippen molar-refractivity contribution in [1.29, 1.82) is 0 Å². The highest BCUT2D eigenvalue weighted by Gasteiger charge is 2.57. The van der Waals surface area contributed by atoms with Crippen LogP contribution < -0.4 is 0 Å². The molecule has 1 saturated carbocycles. The number of allylic oxidation sites excluding steroid dienone is 1. The summed E-state index contributed by atoms with van der Waals surface area (Å²) in [6, 6.07) is 0.